The lowest BCUT2D eigenvalue weighted by molar-refractivity contribution is -0.156. The molecule has 2 aliphatic heterocycles. The minimum atomic E-state index is -0.384. The van der Waals surface area contributed by atoms with Gasteiger partial charge in [-0.1, -0.05) is 17.4 Å². The molecule has 1 aromatic carbocycles. The standard InChI is InChI=1S/C29H35N5O4S/c35-23-3-1-4-24(23)38-14-26-30-12-20(13-31-26)18-5-6-22-25(11-18)39-28(32-22)33-27(36)19-9-21(10-19)34-8-2-7-29(15-34)16-37-17-29/h5-6,11-13,19,21,23-24,35H,1-4,7-10,14-17H2,(H,32,33,36)/t19?,21?,23-,24-/m0/s1. The summed E-state index contributed by atoms with van der Waals surface area (Å²) in [6.45, 7) is 4.37. The van der Waals surface area contributed by atoms with Crippen LogP contribution < -0.4 is 5.32 Å². The lowest BCUT2D eigenvalue weighted by Gasteiger charge is -2.52. The van der Waals surface area contributed by atoms with E-state index in [0.29, 0.717) is 29.0 Å². The average molecular weight is 550 g/mol. The number of hydrogen-bond acceptors (Lipinski definition) is 9. The topological polar surface area (TPSA) is 110 Å². The van der Waals surface area contributed by atoms with E-state index in [0.717, 1.165) is 79.8 Å². The second-order valence-electron chi connectivity index (χ2n) is 11.8. The van der Waals surface area contributed by atoms with Gasteiger partial charge in [-0.15, -0.1) is 0 Å². The highest BCUT2D eigenvalue weighted by atomic mass is 32.1. The molecular formula is C29H35N5O4S. The molecule has 4 fully saturated rings. The number of nitrogens with one attached hydrogen (secondary N) is 1. The smallest absolute Gasteiger partial charge is 0.229 e. The first kappa shape index (κ1) is 25.5. The van der Waals surface area contributed by atoms with Gasteiger partial charge in [-0.2, -0.15) is 0 Å². The summed E-state index contributed by atoms with van der Waals surface area (Å²) in [5.41, 5.74) is 3.16. The summed E-state index contributed by atoms with van der Waals surface area (Å²) in [6, 6.07) is 6.57. The van der Waals surface area contributed by atoms with E-state index in [1.54, 1.807) is 12.4 Å². The summed E-state index contributed by atoms with van der Waals surface area (Å²) < 4.78 is 12.3. The number of hydrogen-bond donors (Lipinski definition) is 2. The molecule has 2 aliphatic carbocycles. The van der Waals surface area contributed by atoms with Gasteiger partial charge in [-0.25, -0.2) is 15.0 Å². The number of fused-ring (bicyclic) bond motifs is 1. The quantitative estimate of drug-likeness (QED) is 0.455. The molecule has 1 amide bonds. The van der Waals surface area contributed by atoms with Crippen LogP contribution in [0.3, 0.4) is 0 Å². The Morgan fingerprint density at radius 2 is 2.03 bits per heavy atom. The summed E-state index contributed by atoms with van der Waals surface area (Å²) in [4.78, 5) is 29.1. The van der Waals surface area contributed by atoms with Gasteiger partial charge in [0.1, 0.15) is 6.61 Å². The Balaban J connectivity index is 0.940. The van der Waals surface area contributed by atoms with E-state index < -0.39 is 0 Å². The first-order valence-electron chi connectivity index (χ1n) is 14.2. The van der Waals surface area contributed by atoms with E-state index in [9.17, 15) is 9.90 Å². The zero-order valence-electron chi connectivity index (χ0n) is 22.1. The fourth-order valence-corrected chi connectivity index (χ4v) is 7.42. The van der Waals surface area contributed by atoms with E-state index in [-0.39, 0.29) is 24.0 Å². The molecule has 2 N–H and O–H groups in total. The normalized spacial score (nSPS) is 28.3. The number of thiazole rings is 1. The second-order valence-corrected chi connectivity index (χ2v) is 12.8. The predicted octanol–water partition coefficient (Wildman–Crippen LogP) is 4.01. The van der Waals surface area contributed by atoms with Crippen LogP contribution in [0.15, 0.2) is 30.6 Å². The van der Waals surface area contributed by atoms with Gasteiger partial charge in [-0.05, 0) is 69.2 Å². The molecule has 2 atom stereocenters. The number of ether oxygens (including phenoxy) is 2. The molecular weight excluding hydrogens is 514 g/mol. The molecule has 206 valence electrons. The lowest BCUT2D eigenvalue weighted by Crippen LogP contribution is -2.59. The van der Waals surface area contributed by atoms with E-state index in [4.69, 9.17) is 9.47 Å². The molecule has 4 heterocycles. The zero-order valence-corrected chi connectivity index (χ0v) is 22.9. The van der Waals surface area contributed by atoms with Crippen LogP contribution in [0.2, 0.25) is 0 Å². The summed E-state index contributed by atoms with van der Waals surface area (Å²) in [5, 5.41) is 13.7. The van der Waals surface area contributed by atoms with Crippen molar-refractivity contribution < 1.29 is 19.4 Å². The number of piperidine rings is 1. The summed E-state index contributed by atoms with van der Waals surface area (Å²) in [7, 11) is 0. The van der Waals surface area contributed by atoms with Crippen LogP contribution in [0.5, 0.6) is 0 Å². The zero-order chi connectivity index (χ0) is 26.4. The number of aliphatic hydroxyl groups is 1. The van der Waals surface area contributed by atoms with Gasteiger partial charge < -0.3 is 19.9 Å². The molecule has 7 rings (SSSR count). The van der Waals surface area contributed by atoms with Crippen molar-refractivity contribution in [3.05, 3.63) is 36.4 Å². The van der Waals surface area contributed by atoms with E-state index in [1.807, 2.05) is 12.1 Å². The number of rotatable bonds is 7. The molecule has 3 aromatic rings. The SMILES string of the molecule is O=C(Nc1nc2ccc(-c3cnc(CO[C@H]4CCC[C@@H]4O)nc3)cc2s1)C1CC(N2CCCC3(COC3)C2)C1. The summed E-state index contributed by atoms with van der Waals surface area (Å²) in [6.07, 6.45) is 10.2. The Morgan fingerprint density at radius 1 is 1.18 bits per heavy atom. The molecule has 39 heavy (non-hydrogen) atoms. The Bertz CT molecular complexity index is 1340. The highest BCUT2D eigenvalue weighted by molar-refractivity contribution is 7.22. The third kappa shape index (κ3) is 5.20. The molecule has 10 heteroatoms. The Hall–Kier alpha value is -2.50. The van der Waals surface area contributed by atoms with Crippen molar-refractivity contribution in [3.8, 4) is 11.1 Å². The van der Waals surface area contributed by atoms with Crippen molar-refractivity contribution in [2.45, 2.75) is 69.8 Å². The Labute approximate surface area is 232 Å². The van der Waals surface area contributed by atoms with Crippen molar-refractivity contribution in [2.75, 3.05) is 31.6 Å². The fraction of sp³-hybridized carbons (Fsp3) is 0.586. The predicted molar refractivity (Wildman–Crippen MR) is 148 cm³/mol. The van der Waals surface area contributed by atoms with Gasteiger partial charge in [0.05, 0.1) is 35.6 Å². The van der Waals surface area contributed by atoms with Gasteiger partial charge in [0.2, 0.25) is 5.91 Å². The van der Waals surface area contributed by atoms with Gasteiger partial charge in [0.25, 0.3) is 0 Å². The number of aromatic nitrogens is 3. The number of benzene rings is 1. The van der Waals surface area contributed by atoms with E-state index in [2.05, 4.69) is 31.2 Å². The van der Waals surface area contributed by atoms with Gasteiger partial charge in [-0.3, -0.25) is 9.69 Å². The number of anilines is 1. The Morgan fingerprint density at radius 3 is 2.77 bits per heavy atom. The largest absolute Gasteiger partial charge is 0.390 e. The molecule has 2 saturated carbocycles. The molecule has 4 aliphatic rings. The number of carbonyl (C=O) groups is 1. The van der Waals surface area contributed by atoms with Crippen molar-refractivity contribution in [2.24, 2.45) is 11.3 Å². The molecule has 9 nitrogen and oxygen atoms in total. The Kier molecular flexibility index (Phi) is 6.84. The maximum atomic E-state index is 12.9. The van der Waals surface area contributed by atoms with E-state index >= 15 is 0 Å². The van der Waals surface area contributed by atoms with Crippen LogP contribution in [0.1, 0.15) is 50.8 Å². The van der Waals surface area contributed by atoms with Crippen LogP contribution in [-0.2, 0) is 20.9 Å². The maximum absolute atomic E-state index is 12.9. The number of amides is 1. The molecule has 1 spiro atoms. The van der Waals surface area contributed by atoms with Crippen molar-refractivity contribution in [3.63, 3.8) is 0 Å². The first-order valence-corrected chi connectivity index (χ1v) is 15.0. The summed E-state index contributed by atoms with van der Waals surface area (Å²) in [5.74, 6) is 0.752. The van der Waals surface area contributed by atoms with Crippen LogP contribution in [0, 0.1) is 11.3 Å². The fourth-order valence-electron chi connectivity index (χ4n) is 6.51. The van der Waals surface area contributed by atoms with Crippen molar-refractivity contribution in [1.29, 1.82) is 0 Å². The lowest BCUT2D eigenvalue weighted by atomic mass is 9.73. The molecule has 0 bridgehead atoms. The molecule has 2 aromatic heterocycles. The molecule has 0 unspecified atom stereocenters. The number of carbonyl (C=O) groups excluding carboxylic acids is 1. The second kappa shape index (κ2) is 10.5. The van der Waals surface area contributed by atoms with Crippen LogP contribution >= 0.6 is 11.3 Å². The van der Waals surface area contributed by atoms with E-state index in [1.165, 1.54) is 24.2 Å². The van der Waals surface area contributed by atoms with Crippen LogP contribution in [0.25, 0.3) is 21.3 Å². The first-order chi connectivity index (χ1) is 19.0. The van der Waals surface area contributed by atoms with Crippen LogP contribution in [-0.4, -0.2) is 75.4 Å². The third-order valence-electron chi connectivity index (χ3n) is 9.01. The van der Waals surface area contributed by atoms with Crippen molar-refractivity contribution in [1.82, 2.24) is 19.9 Å². The average Bonchev–Trinajstić information content (AvgIpc) is 3.50. The summed E-state index contributed by atoms with van der Waals surface area (Å²) >= 11 is 1.50. The van der Waals surface area contributed by atoms with Crippen LogP contribution in [0.4, 0.5) is 5.13 Å². The number of aliphatic hydroxyl groups excluding tert-OH is 1. The monoisotopic (exact) mass is 549 g/mol. The minimum absolute atomic E-state index is 0.0599. The third-order valence-corrected chi connectivity index (χ3v) is 9.94. The highest BCUT2D eigenvalue weighted by Crippen LogP contribution is 2.42. The number of nitrogens with zero attached hydrogens (tertiary/aromatic N) is 4. The minimum Gasteiger partial charge on any atom is -0.390 e. The molecule has 0 radical (unpaired) electrons. The number of likely N-dealkylation sites (tertiary alicyclic amines) is 1. The van der Waals surface area contributed by atoms with Gasteiger partial charge >= 0.3 is 0 Å². The van der Waals surface area contributed by atoms with Gasteiger partial charge in [0, 0.05) is 41.9 Å². The van der Waals surface area contributed by atoms with Gasteiger partial charge in [0.15, 0.2) is 11.0 Å². The molecule has 2 saturated heterocycles. The van der Waals surface area contributed by atoms with Crippen molar-refractivity contribution >= 4 is 32.6 Å². The highest BCUT2D eigenvalue weighted by Gasteiger charge is 2.46. The maximum Gasteiger partial charge on any atom is 0.229 e.